The maximum atomic E-state index is 9.27. The number of aliphatic hydroxyl groups is 1. The molecule has 5 heteroatoms. The fourth-order valence-electron chi connectivity index (χ4n) is 4.35. The molecule has 162 valence electrons. The van der Waals surface area contributed by atoms with E-state index in [1.165, 1.54) is 64.2 Å². The van der Waals surface area contributed by atoms with Crippen molar-refractivity contribution in [1.29, 1.82) is 0 Å². The van der Waals surface area contributed by atoms with E-state index in [0.717, 1.165) is 18.9 Å². The van der Waals surface area contributed by atoms with Crippen LogP contribution in [-0.2, 0) is 31.3 Å². The molecule has 2 aliphatic carbocycles. The fraction of sp³-hybridized carbons (Fsp3) is 0.909. The Hall–Kier alpha value is 0.359. The summed E-state index contributed by atoms with van der Waals surface area (Å²) in [5, 5.41) is 9.27. The van der Waals surface area contributed by atoms with Crippen molar-refractivity contribution >= 4 is 0 Å². The molecule has 1 N–H and O–H groups in total. The second-order valence-corrected chi connectivity index (χ2v) is 7.82. The Balaban J connectivity index is 0.000000839. The van der Waals surface area contributed by atoms with E-state index in [4.69, 9.17) is 14.2 Å². The number of unbranched alkanes of at least 4 members (excludes halogenated alkanes) is 1. The Morgan fingerprint density at radius 3 is 2.22 bits per heavy atom. The molecule has 0 aromatic heterocycles. The zero-order chi connectivity index (χ0) is 17.9. The molecule has 3 aliphatic rings. The SMILES string of the molecule is CO[C@@H]1C(OCCCCC2CCCC2)[C@H](C)O[C@@H]1CO.[CH-]1CCCC1.[CH3-].[Fe+2]. The zero-order valence-corrected chi connectivity index (χ0v) is 18.8. The van der Waals surface area contributed by atoms with Crippen molar-refractivity contribution in [1.82, 2.24) is 0 Å². The second-order valence-electron chi connectivity index (χ2n) is 7.82. The van der Waals surface area contributed by atoms with Gasteiger partial charge in [0.15, 0.2) is 0 Å². The van der Waals surface area contributed by atoms with E-state index < -0.39 is 0 Å². The third-order valence-electron chi connectivity index (χ3n) is 5.85. The number of methoxy groups -OCH3 is 1. The van der Waals surface area contributed by atoms with Crippen molar-refractivity contribution in [2.75, 3.05) is 20.3 Å². The summed E-state index contributed by atoms with van der Waals surface area (Å²) in [6, 6.07) is 0. The van der Waals surface area contributed by atoms with E-state index in [1.807, 2.05) is 6.92 Å². The first kappa shape index (κ1) is 27.4. The predicted molar refractivity (Wildman–Crippen MR) is 107 cm³/mol. The first-order valence-electron chi connectivity index (χ1n) is 10.5. The summed E-state index contributed by atoms with van der Waals surface area (Å²) in [4.78, 5) is 0. The molecule has 1 unspecified atom stereocenters. The molecule has 0 amide bonds. The van der Waals surface area contributed by atoms with Crippen molar-refractivity contribution in [3.63, 3.8) is 0 Å². The van der Waals surface area contributed by atoms with Crippen LogP contribution in [0.1, 0.15) is 77.6 Å². The van der Waals surface area contributed by atoms with E-state index in [-0.39, 0.29) is 55.5 Å². The van der Waals surface area contributed by atoms with E-state index in [2.05, 4.69) is 6.42 Å². The van der Waals surface area contributed by atoms with Crippen molar-refractivity contribution < 1.29 is 36.4 Å². The van der Waals surface area contributed by atoms with Crippen LogP contribution in [0.25, 0.3) is 0 Å². The maximum absolute atomic E-state index is 9.27. The van der Waals surface area contributed by atoms with Gasteiger partial charge < -0.3 is 33.2 Å². The Kier molecular flexibility index (Phi) is 16.4. The molecule has 3 fully saturated rings. The topological polar surface area (TPSA) is 47.9 Å². The first-order valence-corrected chi connectivity index (χ1v) is 10.5. The minimum Gasteiger partial charge on any atom is -0.394 e. The quantitative estimate of drug-likeness (QED) is 0.346. The van der Waals surface area contributed by atoms with E-state index >= 15 is 0 Å². The summed E-state index contributed by atoms with van der Waals surface area (Å²) in [5.74, 6) is 0.967. The van der Waals surface area contributed by atoms with Crippen LogP contribution in [-0.4, -0.2) is 49.8 Å². The van der Waals surface area contributed by atoms with Gasteiger partial charge in [0, 0.05) is 13.7 Å². The molecule has 4 atom stereocenters. The number of ether oxygens (including phenoxy) is 3. The van der Waals surface area contributed by atoms with Crippen molar-refractivity contribution in [3.05, 3.63) is 13.8 Å². The van der Waals surface area contributed by atoms with Crippen LogP contribution < -0.4 is 0 Å². The van der Waals surface area contributed by atoms with Gasteiger partial charge in [-0.15, -0.1) is 0 Å². The van der Waals surface area contributed by atoms with Gasteiger partial charge in [0.1, 0.15) is 18.3 Å². The third-order valence-corrected chi connectivity index (χ3v) is 5.85. The molecule has 2 saturated carbocycles. The first-order chi connectivity index (χ1) is 12.3. The summed E-state index contributed by atoms with van der Waals surface area (Å²) in [6.07, 6.45) is 17.0. The average molecular weight is 426 g/mol. The zero-order valence-electron chi connectivity index (χ0n) is 17.7. The van der Waals surface area contributed by atoms with Crippen molar-refractivity contribution in [2.45, 2.75) is 102 Å². The number of rotatable bonds is 8. The Morgan fingerprint density at radius 1 is 1.04 bits per heavy atom. The number of hydrogen-bond acceptors (Lipinski definition) is 4. The molecular formula is C22H42FeO4. The Labute approximate surface area is 178 Å². The molecule has 1 aliphatic heterocycles. The van der Waals surface area contributed by atoms with Crippen LogP contribution in [0.2, 0.25) is 0 Å². The third kappa shape index (κ3) is 9.60. The van der Waals surface area contributed by atoms with Crippen LogP contribution >= 0.6 is 0 Å². The van der Waals surface area contributed by atoms with Gasteiger partial charge in [-0.2, -0.15) is 12.8 Å². The minimum absolute atomic E-state index is 0. The molecule has 1 heterocycles. The summed E-state index contributed by atoms with van der Waals surface area (Å²) < 4.78 is 17.0. The summed E-state index contributed by atoms with van der Waals surface area (Å²) in [5.41, 5.74) is 0. The molecule has 4 nitrogen and oxygen atoms in total. The van der Waals surface area contributed by atoms with E-state index in [1.54, 1.807) is 7.11 Å². The molecule has 3 rings (SSSR count). The van der Waals surface area contributed by atoms with Gasteiger partial charge >= 0.3 is 17.1 Å². The van der Waals surface area contributed by atoms with Crippen LogP contribution in [0.3, 0.4) is 0 Å². The largest absolute Gasteiger partial charge is 2.00 e. The van der Waals surface area contributed by atoms with Crippen LogP contribution in [0, 0.1) is 19.8 Å². The van der Waals surface area contributed by atoms with Gasteiger partial charge in [-0.05, 0) is 19.3 Å². The van der Waals surface area contributed by atoms with E-state index in [0.29, 0.717) is 0 Å². The molecular weight excluding hydrogens is 384 g/mol. The normalized spacial score (nSPS) is 30.3. The van der Waals surface area contributed by atoms with Gasteiger partial charge in [0.25, 0.3) is 0 Å². The smallest absolute Gasteiger partial charge is 0.394 e. The minimum atomic E-state index is -0.251. The van der Waals surface area contributed by atoms with Crippen molar-refractivity contribution in [3.8, 4) is 0 Å². The van der Waals surface area contributed by atoms with Crippen LogP contribution in [0.15, 0.2) is 0 Å². The van der Waals surface area contributed by atoms with Crippen LogP contribution in [0.5, 0.6) is 0 Å². The number of aliphatic hydroxyl groups excluding tert-OH is 1. The van der Waals surface area contributed by atoms with Gasteiger partial charge in [0.2, 0.25) is 0 Å². The Bertz CT molecular complexity index is 325. The molecule has 0 spiro atoms. The maximum Gasteiger partial charge on any atom is 2.00 e. The van der Waals surface area contributed by atoms with Gasteiger partial charge in [-0.25, -0.2) is 0 Å². The predicted octanol–water partition coefficient (Wildman–Crippen LogP) is 4.74. The average Bonchev–Trinajstić information content (AvgIpc) is 3.38. The monoisotopic (exact) mass is 426 g/mol. The summed E-state index contributed by atoms with van der Waals surface area (Å²) in [6.45, 7) is 2.75. The van der Waals surface area contributed by atoms with Gasteiger partial charge in [-0.1, -0.05) is 51.4 Å². The van der Waals surface area contributed by atoms with E-state index in [9.17, 15) is 5.11 Å². The van der Waals surface area contributed by atoms with Gasteiger partial charge in [0.05, 0.1) is 12.7 Å². The molecule has 0 radical (unpaired) electrons. The molecule has 27 heavy (non-hydrogen) atoms. The molecule has 0 bridgehead atoms. The fourth-order valence-corrected chi connectivity index (χ4v) is 4.35. The molecule has 0 aromatic carbocycles. The molecule has 1 saturated heterocycles. The second kappa shape index (κ2) is 16.2. The summed E-state index contributed by atoms with van der Waals surface area (Å²) in [7, 11) is 1.66. The Morgan fingerprint density at radius 2 is 1.70 bits per heavy atom. The number of hydrogen-bond donors (Lipinski definition) is 1. The standard InChI is InChI=1S/C16H30O4.C5H9.CH3.Fe/c1-12-15(16(18-2)14(11-17)20-12)19-10-6-5-9-13-7-3-4-8-13;1-2-4-5-3-1;;/h12-17H,3-11H2,1-2H3;1H,2-5H2;1H3;/q;2*-1;+2/t12-,14+,15?,16-;;;/m0.../s1. The molecule has 0 aromatic rings. The van der Waals surface area contributed by atoms with Gasteiger partial charge in [-0.3, -0.25) is 0 Å². The van der Waals surface area contributed by atoms with Crippen molar-refractivity contribution in [2.24, 2.45) is 5.92 Å². The van der Waals surface area contributed by atoms with Crippen LogP contribution in [0.4, 0.5) is 0 Å². The summed E-state index contributed by atoms with van der Waals surface area (Å²) >= 11 is 0.